The van der Waals surface area contributed by atoms with Crippen molar-refractivity contribution < 1.29 is 19.5 Å². The first kappa shape index (κ1) is 21.7. The minimum atomic E-state index is -1.19. The fourth-order valence-corrected chi connectivity index (χ4v) is 3.61. The summed E-state index contributed by atoms with van der Waals surface area (Å²) >= 11 is 0. The van der Waals surface area contributed by atoms with Crippen LogP contribution >= 0.6 is 0 Å². The molecule has 0 aliphatic carbocycles. The highest BCUT2D eigenvalue weighted by Crippen LogP contribution is 2.32. The predicted octanol–water partition coefficient (Wildman–Crippen LogP) is 1.68. The SMILES string of the molecule is CCc1cc(COc2ccc(C3(N)CCN(CC(=O)NO)C3=O)cc2)cc(CC)n1. The van der Waals surface area contributed by atoms with Crippen LogP contribution in [0.25, 0.3) is 0 Å². The van der Waals surface area contributed by atoms with E-state index in [9.17, 15) is 9.59 Å². The molecule has 2 amide bonds. The van der Waals surface area contributed by atoms with E-state index in [0.717, 1.165) is 29.8 Å². The molecule has 1 aromatic carbocycles. The lowest BCUT2D eigenvalue weighted by Crippen LogP contribution is -2.47. The standard InChI is InChI=1S/C22H28N4O4/c1-3-17-11-15(12-18(4-2)24-17)14-30-19-7-5-16(6-8-19)22(23)9-10-26(21(22)28)13-20(27)25-29/h5-8,11-12,29H,3-4,9-10,13-14,23H2,1-2H3,(H,25,27). The fraction of sp³-hybridized carbons (Fsp3) is 0.409. The normalized spacial score (nSPS) is 18.5. The second-order valence-electron chi connectivity index (χ2n) is 7.46. The number of nitrogens with two attached hydrogens (primary N) is 1. The largest absolute Gasteiger partial charge is 0.489 e. The lowest BCUT2D eigenvalue weighted by molar-refractivity contribution is -0.139. The Morgan fingerprint density at radius 1 is 1.23 bits per heavy atom. The average Bonchev–Trinajstić information content (AvgIpc) is 3.07. The van der Waals surface area contributed by atoms with Gasteiger partial charge < -0.3 is 15.4 Å². The summed E-state index contributed by atoms with van der Waals surface area (Å²) in [6, 6.07) is 11.3. The first-order valence-electron chi connectivity index (χ1n) is 10.1. The Labute approximate surface area is 176 Å². The number of amides is 2. The van der Waals surface area contributed by atoms with Gasteiger partial charge in [0.25, 0.3) is 5.91 Å². The first-order valence-corrected chi connectivity index (χ1v) is 10.1. The van der Waals surface area contributed by atoms with Crippen LogP contribution in [-0.4, -0.2) is 40.0 Å². The highest BCUT2D eigenvalue weighted by molar-refractivity contribution is 5.92. The Bertz CT molecular complexity index is 894. The maximum Gasteiger partial charge on any atom is 0.262 e. The van der Waals surface area contributed by atoms with Gasteiger partial charge in [-0.05, 0) is 54.7 Å². The molecule has 30 heavy (non-hydrogen) atoms. The number of aryl methyl sites for hydroxylation is 2. The van der Waals surface area contributed by atoms with E-state index >= 15 is 0 Å². The van der Waals surface area contributed by atoms with Gasteiger partial charge in [0.05, 0.1) is 0 Å². The number of hydrogen-bond acceptors (Lipinski definition) is 6. The van der Waals surface area contributed by atoms with Crippen molar-refractivity contribution >= 4 is 11.8 Å². The third kappa shape index (κ3) is 4.60. The third-order valence-corrected chi connectivity index (χ3v) is 5.39. The molecule has 8 nitrogen and oxygen atoms in total. The number of benzene rings is 1. The van der Waals surface area contributed by atoms with E-state index < -0.39 is 11.4 Å². The fourth-order valence-electron chi connectivity index (χ4n) is 3.61. The number of rotatable bonds is 8. The van der Waals surface area contributed by atoms with Gasteiger partial charge in [-0.3, -0.25) is 19.8 Å². The van der Waals surface area contributed by atoms with Gasteiger partial charge in [0.1, 0.15) is 24.4 Å². The number of carbonyl (C=O) groups is 2. The van der Waals surface area contributed by atoms with Crippen molar-refractivity contribution in [3.8, 4) is 5.75 Å². The number of nitrogens with zero attached hydrogens (tertiary/aromatic N) is 2. The van der Waals surface area contributed by atoms with Gasteiger partial charge in [-0.15, -0.1) is 0 Å². The predicted molar refractivity (Wildman–Crippen MR) is 111 cm³/mol. The second-order valence-corrected chi connectivity index (χ2v) is 7.46. The maximum absolute atomic E-state index is 12.7. The molecule has 0 radical (unpaired) electrons. The molecule has 4 N–H and O–H groups in total. The second kappa shape index (κ2) is 9.23. The highest BCUT2D eigenvalue weighted by Gasteiger charge is 2.45. The Hall–Kier alpha value is -2.97. The van der Waals surface area contributed by atoms with Crippen LogP contribution in [0.4, 0.5) is 0 Å². The summed E-state index contributed by atoms with van der Waals surface area (Å²) in [7, 11) is 0. The number of likely N-dealkylation sites (tertiary alicyclic amines) is 1. The van der Waals surface area contributed by atoms with E-state index in [1.807, 2.05) is 0 Å². The number of aromatic nitrogens is 1. The van der Waals surface area contributed by atoms with Crippen LogP contribution in [0, 0.1) is 0 Å². The molecule has 1 saturated heterocycles. The molecule has 1 aromatic heterocycles. The number of hydrogen-bond donors (Lipinski definition) is 3. The summed E-state index contributed by atoms with van der Waals surface area (Å²) in [6.45, 7) is 4.72. The zero-order valence-electron chi connectivity index (χ0n) is 17.4. The van der Waals surface area contributed by atoms with Crippen LogP contribution in [0.2, 0.25) is 0 Å². The smallest absolute Gasteiger partial charge is 0.262 e. The van der Waals surface area contributed by atoms with Crippen molar-refractivity contribution in [1.29, 1.82) is 0 Å². The Morgan fingerprint density at radius 2 is 1.87 bits per heavy atom. The molecule has 0 bridgehead atoms. The molecular weight excluding hydrogens is 384 g/mol. The van der Waals surface area contributed by atoms with Gasteiger partial charge in [-0.2, -0.15) is 0 Å². The molecule has 1 aliphatic heterocycles. The van der Waals surface area contributed by atoms with Crippen LogP contribution in [-0.2, 0) is 34.6 Å². The zero-order chi connectivity index (χ0) is 21.7. The summed E-state index contributed by atoms with van der Waals surface area (Å²) < 4.78 is 5.91. The van der Waals surface area contributed by atoms with E-state index in [1.54, 1.807) is 24.3 Å². The van der Waals surface area contributed by atoms with Crippen molar-refractivity contribution in [3.05, 3.63) is 58.9 Å². The zero-order valence-corrected chi connectivity index (χ0v) is 17.4. The number of nitrogens with one attached hydrogen (secondary N) is 1. The van der Waals surface area contributed by atoms with E-state index in [4.69, 9.17) is 15.7 Å². The number of ether oxygens (including phenoxy) is 1. The molecule has 2 aromatic rings. The Kier molecular flexibility index (Phi) is 6.69. The number of hydroxylamine groups is 1. The summed E-state index contributed by atoms with van der Waals surface area (Å²) in [6.07, 6.45) is 2.14. The summed E-state index contributed by atoms with van der Waals surface area (Å²) in [4.78, 5) is 30.0. The van der Waals surface area contributed by atoms with E-state index in [2.05, 4.69) is 31.0 Å². The number of pyridine rings is 1. The summed E-state index contributed by atoms with van der Waals surface area (Å²) in [5.74, 6) is -0.308. The van der Waals surface area contributed by atoms with Gasteiger partial charge >= 0.3 is 0 Å². The van der Waals surface area contributed by atoms with Crippen molar-refractivity contribution in [2.24, 2.45) is 5.73 Å². The molecule has 1 fully saturated rings. The van der Waals surface area contributed by atoms with Crippen molar-refractivity contribution in [2.45, 2.75) is 45.3 Å². The summed E-state index contributed by atoms with van der Waals surface area (Å²) in [5, 5.41) is 8.66. The van der Waals surface area contributed by atoms with Crippen molar-refractivity contribution in [3.63, 3.8) is 0 Å². The van der Waals surface area contributed by atoms with Crippen LogP contribution in [0.3, 0.4) is 0 Å². The van der Waals surface area contributed by atoms with Crippen LogP contribution < -0.4 is 16.0 Å². The number of carbonyl (C=O) groups excluding carboxylic acids is 2. The average molecular weight is 412 g/mol. The van der Waals surface area contributed by atoms with Gasteiger partial charge in [0.2, 0.25) is 5.91 Å². The van der Waals surface area contributed by atoms with Gasteiger partial charge in [-0.25, -0.2) is 5.48 Å². The Balaban J connectivity index is 1.67. The lowest BCUT2D eigenvalue weighted by atomic mass is 9.89. The highest BCUT2D eigenvalue weighted by atomic mass is 16.5. The quantitative estimate of drug-likeness (QED) is 0.448. The Morgan fingerprint density at radius 3 is 2.43 bits per heavy atom. The minimum Gasteiger partial charge on any atom is -0.489 e. The molecular formula is C22H28N4O4. The van der Waals surface area contributed by atoms with Gasteiger partial charge in [0, 0.05) is 17.9 Å². The topological polar surface area (TPSA) is 118 Å². The molecule has 1 unspecified atom stereocenters. The molecule has 0 spiro atoms. The van der Waals surface area contributed by atoms with Crippen molar-refractivity contribution in [2.75, 3.05) is 13.1 Å². The monoisotopic (exact) mass is 412 g/mol. The summed E-state index contributed by atoms with van der Waals surface area (Å²) in [5.41, 5.74) is 10.6. The van der Waals surface area contributed by atoms with Crippen LogP contribution in [0.5, 0.6) is 5.75 Å². The van der Waals surface area contributed by atoms with Gasteiger partial charge in [0.15, 0.2) is 0 Å². The van der Waals surface area contributed by atoms with Crippen LogP contribution in [0.1, 0.15) is 42.8 Å². The molecule has 2 heterocycles. The lowest BCUT2D eigenvalue weighted by Gasteiger charge is -2.23. The van der Waals surface area contributed by atoms with E-state index in [1.165, 1.54) is 10.4 Å². The maximum atomic E-state index is 12.7. The van der Waals surface area contributed by atoms with Crippen molar-refractivity contribution in [1.82, 2.24) is 15.4 Å². The third-order valence-electron chi connectivity index (χ3n) is 5.39. The minimum absolute atomic E-state index is 0.221. The molecule has 1 atom stereocenters. The molecule has 160 valence electrons. The molecule has 0 saturated carbocycles. The van der Waals surface area contributed by atoms with E-state index in [0.29, 0.717) is 30.9 Å². The molecule has 8 heteroatoms. The van der Waals surface area contributed by atoms with E-state index in [-0.39, 0.29) is 12.5 Å². The van der Waals surface area contributed by atoms with Crippen LogP contribution in [0.15, 0.2) is 36.4 Å². The molecule has 1 aliphatic rings. The first-order chi connectivity index (χ1) is 14.4. The molecule has 3 rings (SSSR count). The van der Waals surface area contributed by atoms with Gasteiger partial charge in [-0.1, -0.05) is 26.0 Å².